The highest BCUT2D eigenvalue weighted by Gasteiger charge is 2.24. The van der Waals surface area contributed by atoms with Crippen LogP contribution in [0.15, 0.2) is 17.8 Å². The minimum Gasteiger partial charge on any atom is -0.396 e. The number of thiophene rings is 1. The van der Waals surface area contributed by atoms with E-state index in [2.05, 4.69) is 20.2 Å². The van der Waals surface area contributed by atoms with Gasteiger partial charge in [0.1, 0.15) is 12.1 Å². The largest absolute Gasteiger partial charge is 0.396 e. The normalized spacial score (nSPS) is 20.3. The molecule has 17 heavy (non-hydrogen) atoms. The third kappa shape index (κ3) is 2.00. The number of rotatable bonds is 3. The molecule has 3 rings (SSSR count). The standard InChI is InChI=1S/C12H15N3OS/c16-5-2-9-1-4-15(7-9)12-11-10(3-6-17-11)13-8-14-12/h3,6,8-9,16H,1-2,4-5,7H2. The maximum atomic E-state index is 8.98. The van der Waals surface area contributed by atoms with Crippen LogP contribution in [-0.4, -0.2) is 34.8 Å². The Labute approximate surface area is 104 Å². The average Bonchev–Trinajstić information content (AvgIpc) is 2.96. The molecular weight excluding hydrogens is 234 g/mol. The molecule has 0 aliphatic carbocycles. The van der Waals surface area contributed by atoms with Crippen LogP contribution in [0.3, 0.4) is 0 Å². The van der Waals surface area contributed by atoms with Crippen LogP contribution in [0.5, 0.6) is 0 Å². The predicted molar refractivity (Wildman–Crippen MR) is 69.4 cm³/mol. The Morgan fingerprint density at radius 1 is 1.47 bits per heavy atom. The lowest BCUT2D eigenvalue weighted by Crippen LogP contribution is -2.21. The Morgan fingerprint density at radius 2 is 2.41 bits per heavy atom. The molecule has 0 saturated carbocycles. The molecule has 4 nitrogen and oxygen atoms in total. The van der Waals surface area contributed by atoms with Gasteiger partial charge in [-0.05, 0) is 30.2 Å². The molecule has 90 valence electrons. The second-order valence-electron chi connectivity index (χ2n) is 4.45. The molecule has 1 fully saturated rings. The van der Waals surface area contributed by atoms with E-state index in [9.17, 15) is 0 Å². The van der Waals surface area contributed by atoms with Gasteiger partial charge in [0.25, 0.3) is 0 Å². The summed E-state index contributed by atoms with van der Waals surface area (Å²) in [5, 5.41) is 11.0. The number of aliphatic hydroxyl groups excluding tert-OH is 1. The fraction of sp³-hybridized carbons (Fsp3) is 0.500. The van der Waals surface area contributed by atoms with Gasteiger partial charge in [-0.3, -0.25) is 0 Å². The molecule has 0 radical (unpaired) electrons. The first kappa shape index (κ1) is 10.9. The van der Waals surface area contributed by atoms with Crippen LogP contribution in [0.2, 0.25) is 0 Å². The maximum absolute atomic E-state index is 8.98. The van der Waals surface area contributed by atoms with Gasteiger partial charge < -0.3 is 10.0 Å². The molecule has 0 aromatic carbocycles. The van der Waals surface area contributed by atoms with Crippen molar-refractivity contribution < 1.29 is 5.11 Å². The molecule has 1 N–H and O–H groups in total. The van der Waals surface area contributed by atoms with Gasteiger partial charge in [0.15, 0.2) is 0 Å². The summed E-state index contributed by atoms with van der Waals surface area (Å²) in [7, 11) is 0. The predicted octanol–water partition coefficient (Wildman–Crippen LogP) is 1.90. The number of aromatic nitrogens is 2. The average molecular weight is 249 g/mol. The quantitative estimate of drug-likeness (QED) is 0.902. The number of hydrogen-bond donors (Lipinski definition) is 1. The first-order valence-corrected chi connectivity index (χ1v) is 6.80. The smallest absolute Gasteiger partial charge is 0.150 e. The van der Waals surface area contributed by atoms with Gasteiger partial charge in [-0.15, -0.1) is 11.3 Å². The lowest BCUT2D eigenvalue weighted by atomic mass is 10.1. The Hall–Kier alpha value is -1.20. The van der Waals surface area contributed by atoms with E-state index in [-0.39, 0.29) is 6.61 Å². The summed E-state index contributed by atoms with van der Waals surface area (Å²) >= 11 is 1.70. The summed E-state index contributed by atoms with van der Waals surface area (Å²) in [6.07, 6.45) is 3.69. The molecule has 1 saturated heterocycles. The van der Waals surface area contributed by atoms with Gasteiger partial charge in [0, 0.05) is 19.7 Å². The monoisotopic (exact) mass is 249 g/mol. The fourth-order valence-electron chi connectivity index (χ4n) is 2.44. The van der Waals surface area contributed by atoms with Crippen LogP contribution >= 0.6 is 11.3 Å². The molecule has 1 aliphatic rings. The van der Waals surface area contributed by atoms with E-state index in [1.165, 1.54) is 4.70 Å². The Morgan fingerprint density at radius 3 is 3.29 bits per heavy atom. The zero-order chi connectivity index (χ0) is 11.7. The van der Waals surface area contributed by atoms with Gasteiger partial charge >= 0.3 is 0 Å². The summed E-state index contributed by atoms with van der Waals surface area (Å²) in [6, 6.07) is 2.03. The Balaban J connectivity index is 1.87. The van der Waals surface area contributed by atoms with Crippen LogP contribution in [-0.2, 0) is 0 Å². The second-order valence-corrected chi connectivity index (χ2v) is 5.36. The van der Waals surface area contributed by atoms with Crippen molar-refractivity contribution in [3.63, 3.8) is 0 Å². The fourth-order valence-corrected chi connectivity index (χ4v) is 3.31. The van der Waals surface area contributed by atoms with Crippen LogP contribution in [0, 0.1) is 5.92 Å². The highest BCUT2D eigenvalue weighted by atomic mass is 32.1. The van der Waals surface area contributed by atoms with Crippen molar-refractivity contribution in [1.29, 1.82) is 0 Å². The van der Waals surface area contributed by atoms with E-state index < -0.39 is 0 Å². The van der Waals surface area contributed by atoms with Crippen LogP contribution in [0.1, 0.15) is 12.8 Å². The van der Waals surface area contributed by atoms with Crippen molar-refractivity contribution >= 4 is 27.4 Å². The number of hydrogen-bond acceptors (Lipinski definition) is 5. The van der Waals surface area contributed by atoms with Crippen molar-refractivity contribution in [2.24, 2.45) is 5.92 Å². The van der Waals surface area contributed by atoms with Crippen molar-refractivity contribution in [2.45, 2.75) is 12.8 Å². The molecule has 1 aliphatic heterocycles. The third-order valence-corrected chi connectivity index (χ3v) is 4.25. The van der Waals surface area contributed by atoms with E-state index in [0.29, 0.717) is 5.92 Å². The molecule has 2 aromatic heterocycles. The van der Waals surface area contributed by atoms with E-state index in [0.717, 1.165) is 37.3 Å². The lowest BCUT2D eigenvalue weighted by molar-refractivity contribution is 0.263. The number of nitrogens with zero attached hydrogens (tertiary/aromatic N) is 3. The zero-order valence-electron chi connectivity index (χ0n) is 9.54. The van der Waals surface area contributed by atoms with Gasteiger partial charge in [-0.25, -0.2) is 9.97 Å². The second kappa shape index (κ2) is 4.58. The summed E-state index contributed by atoms with van der Waals surface area (Å²) < 4.78 is 1.18. The first-order valence-electron chi connectivity index (χ1n) is 5.92. The summed E-state index contributed by atoms with van der Waals surface area (Å²) in [4.78, 5) is 11.0. The van der Waals surface area contributed by atoms with Crippen molar-refractivity contribution in [3.8, 4) is 0 Å². The van der Waals surface area contributed by atoms with E-state index in [4.69, 9.17) is 5.11 Å². The van der Waals surface area contributed by atoms with Gasteiger partial charge in [0.2, 0.25) is 0 Å². The molecule has 2 aromatic rings. The van der Waals surface area contributed by atoms with E-state index in [1.54, 1.807) is 17.7 Å². The van der Waals surface area contributed by atoms with E-state index in [1.807, 2.05) is 6.07 Å². The molecule has 0 bridgehead atoms. The molecule has 5 heteroatoms. The molecular formula is C12H15N3OS. The molecule has 3 heterocycles. The number of anilines is 1. The van der Waals surface area contributed by atoms with Crippen LogP contribution < -0.4 is 4.90 Å². The first-order chi connectivity index (χ1) is 8.38. The van der Waals surface area contributed by atoms with Gasteiger partial charge in [-0.1, -0.05) is 0 Å². The van der Waals surface area contributed by atoms with Crippen molar-refractivity contribution in [2.75, 3.05) is 24.6 Å². The highest BCUT2D eigenvalue weighted by molar-refractivity contribution is 7.17. The van der Waals surface area contributed by atoms with Crippen LogP contribution in [0.4, 0.5) is 5.82 Å². The summed E-state index contributed by atoms with van der Waals surface area (Å²) in [5.74, 6) is 1.66. The summed E-state index contributed by atoms with van der Waals surface area (Å²) in [5.41, 5.74) is 1.03. The maximum Gasteiger partial charge on any atom is 0.150 e. The molecule has 0 spiro atoms. The van der Waals surface area contributed by atoms with Gasteiger partial charge in [0.05, 0.1) is 10.2 Å². The molecule has 1 atom stereocenters. The third-order valence-electron chi connectivity index (χ3n) is 3.35. The molecule has 0 amide bonds. The Bertz CT molecular complexity index is 513. The molecule has 1 unspecified atom stereocenters. The van der Waals surface area contributed by atoms with Gasteiger partial charge in [-0.2, -0.15) is 0 Å². The number of fused-ring (bicyclic) bond motifs is 1. The van der Waals surface area contributed by atoms with E-state index >= 15 is 0 Å². The SMILES string of the molecule is OCCC1CCN(c2ncnc3ccsc23)C1. The number of aliphatic hydroxyl groups is 1. The topological polar surface area (TPSA) is 49.2 Å². The zero-order valence-corrected chi connectivity index (χ0v) is 10.4. The van der Waals surface area contributed by atoms with Crippen LogP contribution in [0.25, 0.3) is 10.2 Å². The van der Waals surface area contributed by atoms with Crippen molar-refractivity contribution in [3.05, 3.63) is 17.8 Å². The minimum absolute atomic E-state index is 0.288. The minimum atomic E-state index is 0.288. The summed E-state index contributed by atoms with van der Waals surface area (Å²) in [6.45, 7) is 2.33. The Kier molecular flexibility index (Phi) is 2.94. The van der Waals surface area contributed by atoms with Crippen molar-refractivity contribution in [1.82, 2.24) is 9.97 Å². The highest BCUT2D eigenvalue weighted by Crippen LogP contribution is 2.31. The lowest BCUT2D eigenvalue weighted by Gasteiger charge is -2.17.